The van der Waals surface area contributed by atoms with Crippen LogP contribution in [0.4, 0.5) is 0 Å². The van der Waals surface area contributed by atoms with Crippen molar-refractivity contribution in [3.63, 3.8) is 0 Å². The molecule has 0 saturated heterocycles. The lowest BCUT2D eigenvalue weighted by Gasteiger charge is -2.09. The Bertz CT molecular complexity index is 337. The molecular weight excluding hydrogens is 184 g/mol. The minimum atomic E-state index is 0.370. The van der Waals surface area contributed by atoms with E-state index in [2.05, 4.69) is 50.2 Å². The molecule has 84 valence electrons. The van der Waals surface area contributed by atoms with E-state index in [4.69, 9.17) is 0 Å². The summed E-state index contributed by atoms with van der Waals surface area (Å²) in [6.45, 7) is 14.4. The molecule has 0 saturated carbocycles. The standard InChI is InChI=1S/C13H22N2/c1-6-10(3)14-9-13-8-11(4)15(7-2)12(13)5/h6,8,10,14H,1,7,9H2,2-5H3. The number of rotatable bonds is 5. The van der Waals surface area contributed by atoms with Crippen molar-refractivity contribution in [2.45, 2.75) is 46.8 Å². The predicted octanol–water partition coefficient (Wildman–Crippen LogP) is 2.79. The largest absolute Gasteiger partial charge is 0.349 e. The minimum absolute atomic E-state index is 0.370. The number of hydrogen-bond donors (Lipinski definition) is 1. The SMILES string of the molecule is C=CC(C)NCc1cc(C)n(CC)c1C. The van der Waals surface area contributed by atoms with Gasteiger partial charge in [0.2, 0.25) is 0 Å². The Labute approximate surface area is 93.0 Å². The highest BCUT2D eigenvalue weighted by molar-refractivity contribution is 5.26. The van der Waals surface area contributed by atoms with Gasteiger partial charge in [-0.05, 0) is 39.3 Å². The van der Waals surface area contributed by atoms with Gasteiger partial charge in [-0.1, -0.05) is 6.08 Å². The van der Waals surface area contributed by atoms with Gasteiger partial charge in [-0.3, -0.25) is 0 Å². The highest BCUT2D eigenvalue weighted by Crippen LogP contribution is 2.14. The van der Waals surface area contributed by atoms with Gasteiger partial charge in [-0.15, -0.1) is 6.58 Å². The summed E-state index contributed by atoms with van der Waals surface area (Å²) in [5, 5.41) is 3.42. The lowest BCUT2D eigenvalue weighted by molar-refractivity contribution is 0.628. The fourth-order valence-corrected chi connectivity index (χ4v) is 1.89. The van der Waals surface area contributed by atoms with Crippen molar-refractivity contribution < 1.29 is 0 Å². The van der Waals surface area contributed by atoms with E-state index in [1.54, 1.807) is 0 Å². The second kappa shape index (κ2) is 5.17. The Balaban J connectivity index is 2.73. The van der Waals surface area contributed by atoms with Gasteiger partial charge in [0.05, 0.1) is 0 Å². The molecule has 15 heavy (non-hydrogen) atoms. The molecule has 0 amide bonds. The first-order valence-electron chi connectivity index (χ1n) is 5.61. The first kappa shape index (κ1) is 12.1. The van der Waals surface area contributed by atoms with Crippen LogP contribution >= 0.6 is 0 Å². The van der Waals surface area contributed by atoms with Gasteiger partial charge in [0.25, 0.3) is 0 Å². The predicted molar refractivity (Wildman–Crippen MR) is 66.1 cm³/mol. The van der Waals surface area contributed by atoms with Crippen LogP contribution in [0.3, 0.4) is 0 Å². The molecule has 1 atom stereocenters. The Morgan fingerprint density at radius 1 is 1.53 bits per heavy atom. The van der Waals surface area contributed by atoms with Gasteiger partial charge in [0, 0.05) is 30.5 Å². The van der Waals surface area contributed by atoms with Crippen molar-refractivity contribution in [1.82, 2.24) is 9.88 Å². The smallest absolute Gasteiger partial charge is 0.0228 e. The van der Waals surface area contributed by atoms with Crippen LogP contribution in [0.15, 0.2) is 18.7 Å². The van der Waals surface area contributed by atoms with E-state index in [1.807, 2.05) is 6.08 Å². The number of nitrogens with one attached hydrogen (secondary N) is 1. The second-order valence-electron chi connectivity index (χ2n) is 4.05. The maximum atomic E-state index is 3.77. The molecule has 1 unspecified atom stereocenters. The summed E-state index contributed by atoms with van der Waals surface area (Å²) in [5.41, 5.74) is 4.11. The van der Waals surface area contributed by atoms with Crippen LogP contribution in [0.2, 0.25) is 0 Å². The number of nitrogens with zero attached hydrogens (tertiary/aromatic N) is 1. The summed E-state index contributed by atoms with van der Waals surface area (Å²) < 4.78 is 2.34. The summed E-state index contributed by atoms with van der Waals surface area (Å²) in [7, 11) is 0. The molecule has 1 N–H and O–H groups in total. The first-order valence-corrected chi connectivity index (χ1v) is 5.61. The van der Waals surface area contributed by atoms with Crippen molar-refractivity contribution in [3.05, 3.63) is 35.7 Å². The molecule has 0 aliphatic rings. The summed E-state index contributed by atoms with van der Waals surface area (Å²) in [5.74, 6) is 0. The summed E-state index contributed by atoms with van der Waals surface area (Å²) in [4.78, 5) is 0. The highest BCUT2D eigenvalue weighted by Gasteiger charge is 2.07. The zero-order valence-electron chi connectivity index (χ0n) is 10.3. The quantitative estimate of drug-likeness (QED) is 0.733. The van der Waals surface area contributed by atoms with Crippen LogP contribution in [-0.4, -0.2) is 10.6 Å². The molecule has 0 spiro atoms. The van der Waals surface area contributed by atoms with Gasteiger partial charge >= 0.3 is 0 Å². The fraction of sp³-hybridized carbons (Fsp3) is 0.538. The second-order valence-corrected chi connectivity index (χ2v) is 4.05. The van der Waals surface area contributed by atoms with E-state index < -0.39 is 0 Å². The summed E-state index contributed by atoms with van der Waals surface area (Å²) in [6.07, 6.45) is 1.93. The molecule has 0 aromatic carbocycles. The third-order valence-corrected chi connectivity index (χ3v) is 2.96. The molecule has 0 fully saturated rings. The average molecular weight is 206 g/mol. The zero-order valence-corrected chi connectivity index (χ0v) is 10.3. The van der Waals surface area contributed by atoms with Crippen LogP contribution in [0.1, 0.15) is 30.8 Å². The first-order chi connectivity index (χ1) is 7.10. The molecule has 2 nitrogen and oxygen atoms in total. The van der Waals surface area contributed by atoms with E-state index in [0.29, 0.717) is 6.04 Å². The van der Waals surface area contributed by atoms with Gasteiger partial charge < -0.3 is 9.88 Å². The van der Waals surface area contributed by atoms with Crippen LogP contribution in [0, 0.1) is 13.8 Å². The van der Waals surface area contributed by atoms with E-state index in [-0.39, 0.29) is 0 Å². The summed E-state index contributed by atoms with van der Waals surface area (Å²) >= 11 is 0. The minimum Gasteiger partial charge on any atom is -0.349 e. The van der Waals surface area contributed by atoms with Crippen molar-refractivity contribution >= 4 is 0 Å². The molecule has 1 rings (SSSR count). The van der Waals surface area contributed by atoms with Crippen molar-refractivity contribution in [2.75, 3.05) is 0 Å². The van der Waals surface area contributed by atoms with E-state index in [0.717, 1.165) is 13.1 Å². The molecule has 1 heterocycles. The highest BCUT2D eigenvalue weighted by atomic mass is 15.0. The Morgan fingerprint density at radius 2 is 2.20 bits per heavy atom. The van der Waals surface area contributed by atoms with Gasteiger partial charge in [0.1, 0.15) is 0 Å². The molecule has 0 bridgehead atoms. The van der Waals surface area contributed by atoms with Crippen LogP contribution < -0.4 is 5.32 Å². The number of aromatic nitrogens is 1. The Morgan fingerprint density at radius 3 is 2.67 bits per heavy atom. The van der Waals surface area contributed by atoms with Crippen molar-refractivity contribution in [3.8, 4) is 0 Å². The molecule has 1 aromatic heterocycles. The Hall–Kier alpha value is -1.02. The lowest BCUT2D eigenvalue weighted by Crippen LogP contribution is -2.23. The van der Waals surface area contributed by atoms with E-state index >= 15 is 0 Å². The monoisotopic (exact) mass is 206 g/mol. The van der Waals surface area contributed by atoms with Gasteiger partial charge in [0.15, 0.2) is 0 Å². The molecule has 0 aliphatic heterocycles. The van der Waals surface area contributed by atoms with Crippen LogP contribution in [-0.2, 0) is 13.1 Å². The third-order valence-electron chi connectivity index (χ3n) is 2.96. The van der Waals surface area contributed by atoms with Crippen LogP contribution in [0.5, 0.6) is 0 Å². The molecule has 2 heteroatoms. The van der Waals surface area contributed by atoms with E-state index in [1.165, 1.54) is 17.0 Å². The molecule has 0 radical (unpaired) electrons. The number of hydrogen-bond acceptors (Lipinski definition) is 1. The number of aryl methyl sites for hydroxylation is 1. The van der Waals surface area contributed by atoms with Crippen LogP contribution in [0.25, 0.3) is 0 Å². The van der Waals surface area contributed by atoms with Gasteiger partial charge in [-0.25, -0.2) is 0 Å². The zero-order chi connectivity index (χ0) is 11.4. The average Bonchev–Trinajstić information content (AvgIpc) is 2.50. The van der Waals surface area contributed by atoms with Gasteiger partial charge in [-0.2, -0.15) is 0 Å². The maximum absolute atomic E-state index is 3.77. The van der Waals surface area contributed by atoms with Crippen molar-refractivity contribution in [2.24, 2.45) is 0 Å². The molecule has 1 aromatic rings. The lowest BCUT2D eigenvalue weighted by atomic mass is 10.2. The fourth-order valence-electron chi connectivity index (χ4n) is 1.89. The molecule has 0 aliphatic carbocycles. The maximum Gasteiger partial charge on any atom is 0.0228 e. The Kier molecular flexibility index (Phi) is 4.15. The molecular formula is C13H22N2. The topological polar surface area (TPSA) is 17.0 Å². The normalized spacial score (nSPS) is 12.8. The summed E-state index contributed by atoms with van der Waals surface area (Å²) in [6, 6.07) is 2.64. The third kappa shape index (κ3) is 2.72. The van der Waals surface area contributed by atoms with E-state index in [9.17, 15) is 0 Å². The van der Waals surface area contributed by atoms with Crippen molar-refractivity contribution in [1.29, 1.82) is 0 Å².